The third-order valence-electron chi connectivity index (χ3n) is 5.86. The molecule has 2 heterocycles. The zero-order valence-corrected chi connectivity index (χ0v) is 19.0. The maximum absolute atomic E-state index is 13.2. The lowest BCUT2D eigenvalue weighted by Gasteiger charge is -2.31. The molecule has 0 unspecified atom stereocenters. The molecule has 7 nitrogen and oxygen atoms in total. The Labute approximate surface area is 186 Å². The first kappa shape index (κ1) is 21.9. The van der Waals surface area contributed by atoms with Crippen LogP contribution in [0.3, 0.4) is 0 Å². The van der Waals surface area contributed by atoms with E-state index in [0.717, 1.165) is 24.6 Å². The highest BCUT2D eigenvalue weighted by Crippen LogP contribution is 2.28. The third kappa shape index (κ3) is 4.78. The van der Waals surface area contributed by atoms with Gasteiger partial charge in [-0.3, -0.25) is 4.79 Å². The molecule has 1 atom stereocenters. The van der Waals surface area contributed by atoms with Crippen molar-refractivity contribution in [2.24, 2.45) is 5.92 Å². The largest absolute Gasteiger partial charge is 0.353 e. The summed E-state index contributed by atoms with van der Waals surface area (Å²) < 4.78 is 36.1. The molecule has 1 aliphatic rings. The van der Waals surface area contributed by atoms with E-state index >= 15 is 0 Å². The molecular formula is C22H26N4O3S2. The summed E-state index contributed by atoms with van der Waals surface area (Å²) in [5.74, 6) is -0.154. The van der Waals surface area contributed by atoms with Gasteiger partial charge < -0.3 is 5.32 Å². The molecule has 0 radical (unpaired) electrons. The van der Waals surface area contributed by atoms with Gasteiger partial charge in [0.15, 0.2) is 0 Å². The molecule has 1 amide bonds. The van der Waals surface area contributed by atoms with Gasteiger partial charge in [0.25, 0.3) is 0 Å². The van der Waals surface area contributed by atoms with E-state index in [4.69, 9.17) is 0 Å². The Morgan fingerprint density at radius 2 is 1.87 bits per heavy atom. The van der Waals surface area contributed by atoms with E-state index in [1.165, 1.54) is 9.87 Å². The van der Waals surface area contributed by atoms with Crippen molar-refractivity contribution in [3.63, 3.8) is 0 Å². The van der Waals surface area contributed by atoms with Crippen molar-refractivity contribution in [1.82, 2.24) is 18.4 Å². The summed E-state index contributed by atoms with van der Waals surface area (Å²) in [7, 11) is -3.67. The standard InChI is InChI=1S/C22H26N4O3S2/c1-2-18(15-16-7-4-3-5-8-16)23-22(27)17-11-13-26(14-12-17)31(28,29)20-10-6-9-19-21(20)25-30-24-19/h3-10,17-18H,2,11-15H2,1H3,(H,23,27)/t18-/m1/s1. The number of amides is 1. The molecule has 1 fully saturated rings. The Kier molecular flexibility index (Phi) is 6.64. The van der Waals surface area contributed by atoms with Crippen molar-refractivity contribution in [3.8, 4) is 0 Å². The van der Waals surface area contributed by atoms with Gasteiger partial charge in [-0.2, -0.15) is 13.1 Å². The van der Waals surface area contributed by atoms with Gasteiger partial charge in [0.2, 0.25) is 15.9 Å². The van der Waals surface area contributed by atoms with E-state index < -0.39 is 10.0 Å². The second kappa shape index (κ2) is 9.42. The van der Waals surface area contributed by atoms with E-state index in [9.17, 15) is 13.2 Å². The minimum absolute atomic E-state index is 0.0191. The number of nitrogens with one attached hydrogen (secondary N) is 1. The average molecular weight is 459 g/mol. The van der Waals surface area contributed by atoms with Gasteiger partial charge in [0.05, 0.1) is 11.7 Å². The van der Waals surface area contributed by atoms with Gasteiger partial charge >= 0.3 is 0 Å². The third-order valence-corrected chi connectivity index (χ3v) is 8.33. The normalized spacial score (nSPS) is 16.9. The molecule has 0 spiro atoms. The van der Waals surface area contributed by atoms with Crippen molar-refractivity contribution in [3.05, 3.63) is 54.1 Å². The summed E-state index contributed by atoms with van der Waals surface area (Å²) >= 11 is 1.01. The monoisotopic (exact) mass is 458 g/mol. The van der Waals surface area contributed by atoms with E-state index in [0.29, 0.717) is 37.0 Å². The van der Waals surface area contributed by atoms with Gasteiger partial charge in [-0.15, -0.1) is 0 Å². The van der Waals surface area contributed by atoms with Crippen molar-refractivity contribution in [2.45, 2.75) is 43.5 Å². The van der Waals surface area contributed by atoms with Crippen LogP contribution in [0.15, 0.2) is 53.4 Å². The Morgan fingerprint density at radius 1 is 1.13 bits per heavy atom. The summed E-state index contributed by atoms with van der Waals surface area (Å²) in [6.07, 6.45) is 2.66. The quantitative estimate of drug-likeness (QED) is 0.587. The van der Waals surface area contributed by atoms with Crippen LogP contribution in [0.1, 0.15) is 31.7 Å². The molecule has 4 rings (SSSR count). The SMILES string of the molecule is CC[C@H](Cc1ccccc1)NC(=O)C1CCN(S(=O)(=O)c2cccc3nsnc23)CC1. The number of nitrogens with zero attached hydrogens (tertiary/aromatic N) is 3. The minimum atomic E-state index is -3.67. The molecule has 9 heteroatoms. The van der Waals surface area contributed by atoms with Crippen molar-refractivity contribution >= 4 is 38.7 Å². The fourth-order valence-electron chi connectivity index (χ4n) is 4.00. The average Bonchev–Trinajstić information content (AvgIpc) is 3.28. The fourth-order valence-corrected chi connectivity index (χ4v) is 6.22. The summed E-state index contributed by atoms with van der Waals surface area (Å²) in [5.41, 5.74) is 2.20. The van der Waals surface area contributed by atoms with E-state index in [1.54, 1.807) is 18.2 Å². The fraction of sp³-hybridized carbons (Fsp3) is 0.409. The van der Waals surface area contributed by atoms with Crippen LogP contribution < -0.4 is 5.32 Å². The highest BCUT2D eigenvalue weighted by atomic mass is 32.2. The summed E-state index contributed by atoms with van der Waals surface area (Å²) in [6.45, 7) is 2.71. The maximum atomic E-state index is 13.2. The number of sulfonamides is 1. The predicted molar refractivity (Wildman–Crippen MR) is 121 cm³/mol. The van der Waals surface area contributed by atoms with E-state index in [-0.39, 0.29) is 22.8 Å². The first-order valence-corrected chi connectivity index (χ1v) is 12.7. The molecule has 1 N–H and O–H groups in total. The van der Waals surface area contributed by atoms with Gasteiger partial charge in [-0.1, -0.05) is 43.3 Å². The molecule has 1 saturated heterocycles. The molecule has 1 aliphatic heterocycles. The number of fused-ring (bicyclic) bond motifs is 1. The number of carbonyl (C=O) groups is 1. The number of aromatic nitrogens is 2. The second-order valence-electron chi connectivity index (χ2n) is 7.87. The van der Waals surface area contributed by atoms with Gasteiger partial charge in [-0.05, 0) is 43.4 Å². The zero-order chi connectivity index (χ0) is 21.8. The van der Waals surface area contributed by atoms with Gasteiger partial charge in [0, 0.05) is 25.0 Å². The molecule has 31 heavy (non-hydrogen) atoms. The number of piperidine rings is 1. The highest BCUT2D eigenvalue weighted by molar-refractivity contribution is 7.89. The molecule has 0 bridgehead atoms. The highest BCUT2D eigenvalue weighted by Gasteiger charge is 2.34. The second-order valence-corrected chi connectivity index (χ2v) is 10.3. The van der Waals surface area contributed by atoms with Crippen LogP contribution in [0.5, 0.6) is 0 Å². The van der Waals surface area contributed by atoms with Gasteiger partial charge in [-0.25, -0.2) is 8.42 Å². The lowest BCUT2D eigenvalue weighted by atomic mass is 9.96. The number of benzene rings is 2. The Hall–Kier alpha value is -2.36. The van der Waals surface area contributed by atoms with Crippen LogP contribution in [0.2, 0.25) is 0 Å². The van der Waals surface area contributed by atoms with Crippen LogP contribution in [0.25, 0.3) is 11.0 Å². The Bertz CT molecular complexity index is 1140. The first-order chi connectivity index (χ1) is 15.0. The summed E-state index contributed by atoms with van der Waals surface area (Å²) in [5, 5.41) is 3.17. The Morgan fingerprint density at radius 3 is 2.58 bits per heavy atom. The summed E-state index contributed by atoms with van der Waals surface area (Å²) in [4.78, 5) is 13.0. The first-order valence-electron chi connectivity index (χ1n) is 10.5. The minimum Gasteiger partial charge on any atom is -0.353 e. The maximum Gasteiger partial charge on any atom is 0.245 e. The molecular weight excluding hydrogens is 432 g/mol. The number of hydrogen-bond acceptors (Lipinski definition) is 6. The number of hydrogen-bond donors (Lipinski definition) is 1. The molecule has 0 saturated carbocycles. The van der Waals surface area contributed by atoms with E-state index in [2.05, 4.69) is 33.1 Å². The molecule has 3 aromatic rings. The van der Waals surface area contributed by atoms with Crippen LogP contribution in [0.4, 0.5) is 0 Å². The van der Waals surface area contributed by atoms with Crippen LogP contribution >= 0.6 is 11.7 Å². The smallest absolute Gasteiger partial charge is 0.245 e. The van der Waals surface area contributed by atoms with Crippen molar-refractivity contribution in [2.75, 3.05) is 13.1 Å². The van der Waals surface area contributed by atoms with Crippen LogP contribution in [-0.2, 0) is 21.2 Å². The topological polar surface area (TPSA) is 92.3 Å². The van der Waals surface area contributed by atoms with E-state index in [1.807, 2.05) is 18.2 Å². The molecule has 164 valence electrons. The molecule has 2 aromatic carbocycles. The number of rotatable bonds is 7. The van der Waals surface area contributed by atoms with Crippen molar-refractivity contribution < 1.29 is 13.2 Å². The van der Waals surface area contributed by atoms with Crippen LogP contribution in [-0.4, -0.2) is 46.5 Å². The number of carbonyl (C=O) groups excluding carboxylic acids is 1. The predicted octanol–water partition coefficient (Wildman–Crippen LogP) is 3.23. The molecule has 1 aromatic heterocycles. The Balaban J connectivity index is 1.37. The van der Waals surface area contributed by atoms with Gasteiger partial charge in [0.1, 0.15) is 15.9 Å². The van der Waals surface area contributed by atoms with Crippen LogP contribution in [0, 0.1) is 5.92 Å². The lowest BCUT2D eigenvalue weighted by molar-refractivity contribution is -0.126. The summed E-state index contributed by atoms with van der Waals surface area (Å²) in [6, 6.07) is 15.2. The zero-order valence-electron chi connectivity index (χ0n) is 17.4. The molecule has 0 aliphatic carbocycles. The lowest BCUT2D eigenvalue weighted by Crippen LogP contribution is -2.45. The van der Waals surface area contributed by atoms with Crippen molar-refractivity contribution in [1.29, 1.82) is 0 Å².